The zero-order valence-corrected chi connectivity index (χ0v) is 39.5. The first-order valence-corrected chi connectivity index (χ1v) is 24.7. The number of aliphatic hydroxyl groups is 7. The predicted molar refractivity (Wildman–Crippen MR) is 247 cm³/mol. The van der Waals surface area contributed by atoms with Crippen LogP contribution in [0.1, 0.15) is 162 Å². The number of aliphatic hydroxyl groups excluding tert-OH is 7. The number of carbonyl (C=O) groups excluding carboxylic acids is 2. The summed E-state index contributed by atoms with van der Waals surface area (Å²) >= 11 is 0. The van der Waals surface area contributed by atoms with Crippen LogP contribution in [0.3, 0.4) is 0 Å². The summed E-state index contributed by atoms with van der Waals surface area (Å²) in [5.74, 6) is -1.02. The van der Waals surface area contributed by atoms with Gasteiger partial charge in [0, 0.05) is 12.8 Å². The maximum absolute atomic E-state index is 12.9. The van der Waals surface area contributed by atoms with E-state index in [-0.39, 0.29) is 19.4 Å². The Bertz CT molecular complexity index is 1320. The highest BCUT2D eigenvalue weighted by Crippen LogP contribution is 2.26. The highest BCUT2D eigenvalue weighted by molar-refractivity contribution is 5.70. The highest BCUT2D eigenvalue weighted by atomic mass is 16.7. The number of hydrogen-bond donors (Lipinski definition) is 7. The standard InChI is InChI=1S/C50H86O15/c1-3-5-7-9-11-13-15-17-18-19-21-22-24-26-28-30-32-41(52)60-35-38(63-42(53)33-31-29-27-25-23-20-16-14-12-10-8-6-4-2)36-61-49-48(59)46(57)44(55)40(65-49)37-62-50-47(58)45(56)43(54)39(34-51)64-50/h6,8,12,14,20,23,27,29,38-40,43-51,54-59H,3-5,7,9-11,13,15-19,21-22,24-26,28,30-37H2,1-2H3/b8-6-,14-12-,23-20-,29-27-. The monoisotopic (exact) mass is 927 g/mol. The summed E-state index contributed by atoms with van der Waals surface area (Å²) < 4.78 is 33.4. The van der Waals surface area contributed by atoms with Gasteiger partial charge in [0.15, 0.2) is 18.7 Å². The quantitative estimate of drug-likeness (QED) is 0.0205. The molecule has 15 heteroatoms. The van der Waals surface area contributed by atoms with Crippen LogP contribution in [0.25, 0.3) is 0 Å². The Hall–Kier alpha value is -2.54. The van der Waals surface area contributed by atoms with Crippen LogP contribution in [0.2, 0.25) is 0 Å². The third-order valence-electron chi connectivity index (χ3n) is 11.6. The Morgan fingerprint density at radius 2 is 0.969 bits per heavy atom. The van der Waals surface area contributed by atoms with Gasteiger partial charge in [-0.15, -0.1) is 0 Å². The normalized spacial score (nSPS) is 26.8. The van der Waals surface area contributed by atoms with E-state index in [1.54, 1.807) is 0 Å². The molecule has 65 heavy (non-hydrogen) atoms. The highest BCUT2D eigenvalue weighted by Gasteiger charge is 2.47. The number of ether oxygens (including phenoxy) is 6. The van der Waals surface area contributed by atoms with Gasteiger partial charge in [0.2, 0.25) is 0 Å². The van der Waals surface area contributed by atoms with Gasteiger partial charge in [-0.05, 0) is 38.5 Å². The van der Waals surface area contributed by atoms with Gasteiger partial charge in [0.05, 0.1) is 19.8 Å². The van der Waals surface area contributed by atoms with Crippen LogP contribution in [-0.4, -0.2) is 142 Å². The summed E-state index contributed by atoms with van der Waals surface area (Å²) in [6, 6.07) is 0. The molecule has 376 valence electrons. The minimum atomic E-state index is -1.78. The van der Waals surface area contributed by atoms with E-state index in [0.29, 0.717) is 19.3 Å². The molecule has 0 amide bonds. The van der Waals surface area contributed by atoms with Crippen molar-refractivity contribution in [2.24, 2.45) is 0 Å². The lowest BCUT2D eigenvalue weighted by Crippen LogP contribution is -2.61. The first-order chi connectivity index (χ1) is 31.5. The van der Waals surface area contributed by atoms with Gasteiger partial charge in [-0.25, -0.2) is 0 Å². The lowest BCUT2D eigenvalue weighted by molar-refractivity contribution is -0.332. The smallest absolute Gasteiger partial charge is 0.306 e. The first kappa shape index (κ1) is 58.6. The summed E-state index contributed by atoms with van der Waals surface area (Å²) in [5.41, 5.74) is 0. The molecule has 0 bridgehead atoms. The molecule has 11 unspecified atom stereocenters. The summed E-state index contributed by atoms with van der Waals surface area (Å²) in [5, 5.41) is 72.0. The average Bonchev–Trinajstić information content (AvgIpc) is 3.30. The molecule has 0 aliphatic carbocycles. The number of unbranched alkanes of at least 4 members (excludes halogenated alkanes) is 15. The molecular formula is C50H86O15. The van der Waals surface area contributed by atoms with Crippen molar-refractivity contribution in [1.29, 1.82) is 0 Å². The topological polar surface area (TPSA) is 231 Å². The van der Waals surface area contributed by atoms with Crippen molar-refractivity contribution < 1.29 is 73.8 Å². The molecule has 2 aliphatic rings. The van der Waals surface area contributed by atoms with E-state index in [4.69, 9.17) is 28.4 Å². The minimum absolute atomic E-state index is 0.0443. The third kappa shape index (κ3) is 26.0. The molecule has 0 aromatic rings. The number of hydrogen-bond acceptors (Lipinski definition) is 15. The van der Waals surface area contributed by atoms with Crippen molar-refractivity contribution in [3.8, 4) is 0 Å². The van der Waals surface area contributed by atoms with Crippen LogP contribution in [-0.2, 0) is 38.0 Å². The Morgan fingerprint density at radius 3 is 1.49 bits per heavy atom. The summed E-state index contributed by atoms with van der Waals surface area (Å²) in [6.07, 6.45) is 23.1. The van der Waals surface area contributed by atoms with Crippen LogP contribution in [0, 0.1) is 0 Å². The molecule has 0 saturated carbocycles. The maximum Gasteiger partial charge on any atom is 0.306 e. The van der Waals surface area contributed by atoms with Crippen molar-refractivity contribution in [2.75, 3.05) is 26.4 Å². The first-order valence-electron chi connectivity index (χ1n) is 24.7. The fraction of sp³-hybridized carbons (Fsp3) is 0.800. The predicted octanol–water partition coefficient (Wildman–Crippen LogP) is 6.32. The largest absolute Gasteiger partial charge is 0.462 e. The third-order valence-corrected chi connectivity index (χ3v) is 11.6. The van der Waals surface area contributed by atoms with E-state index in [1.165, 1.54) is 77.0 Å². The molecule has 0 radical (unpaired) electrons. The molecule has 2 rings (SSSR count). The van der Waals surface area contributed by atoms with Crippen molar-refractivity contribution in [2.45, 2.75) is 229 Å². The van der Waals surface area contributed by atoms with Crippen LogP contribution >= 0.6 is 0 Å². The summed E-state index contributed by atoms with van der Waals surface area (Å²) in [7, 11) is 0. The second-order valence-corrected chi connectivity index (χ2v) is 17.3. The van der Waals surface area contributed by atoms with Crippen molar-refractivity contribution in [3.63, 3.8) is 0 Å². The van der Waals surface area contributed by atoms with Gasteiger partial charge in [-0.2, -0.15) is 0 Å². The van der Waals surface area contributed by atoms with Gasteiger partial charge in [-0.1, -0.05) is 159 Å². The number of rotatable bonds is 37. The van der Waals surface area contributed by atoms with E-state index >= 15 is 0 Å². The van der Waals surface area contributed by atoms with Crippen molar-refractivity contribution >= 4 is 11.9 Å². The second-order valence-electron chi connectivity index (χ2n) is 17.3. The molecule has 7 N–H and O–H groups in total. The fourth-order valence-corrected chi connectivity index (χ4v) is 7.52. The van der Waals surface area contributed by atoms with Crippen molar-refractivity contribution in [1.82, 2.24) is 0 Å². The minimum Gasteiger partial charge on any atom is -0.462 e. The van der Waals surface area contributed by atoms with Crippen LogP contribution < -0.4 is 0 Å². The lowest BCUT2D eigenvalue weighted by atomic mass is 9.98. The average molecular weight is 927 g/mol. The van der Waals surface area contributed by atoms with E-state index in [0.717, 1.165) is 38.5 Å². The SMILES string of the molecule is CC/C=C\C/C=C\C/C=C\C/C=C\CCC(=O)OC(COC(=O)CCCCCCCCCCCCCCCCCC)COC1OC(COC2OC(CO)C(O)C(O)C2O)C(O)C(O)C1O. The van der Waals surface area contributed by atoms with Crippen LogP contribution in [0.15, 0.2) is 48.6 Å². The van der Waals surface area contributed by atoms with Gasteiger partial charge in [0.25, 0.3) is 0 Å². The molecule has 0 spiro atoms. The fourth-order valence-electron chi connectivity index (χ4n) is 7.52. The lowest BCUT2D eigenvalue weighted by Gasteiger charge is -2.42. The Kier molecular flexibility index (Phi) is 33.7. The zero-order chi connectivity index (χ0) is 47.5. The molecule has 2 aliphatic heterocycles. The van der Waals surface area contributed by atoms with Gasteiger partial charge in [0.1, 0.15) is 55.4 Å². The molecule has 0 aromatic carbocycles. The Balaban J connectivity index is 1.84. The van der Waals surface area contributed by atoms with Crippen molar-refractivity contribution in [3.05, 3.63) is 48.6 Å². The van der Waals surface area contributed by atoms with E-state index in [2.05, 4.69) is 44.2 Å². The Morgan fingerprint density at radius 1 is 0.508 bits per heavy atom. The summed E-state index contributed by atoms with van der Waals surface area (Å²) in [6.45, 7) is 2.39. The van der Waals surface area contributed by atoms with E-state index in [1.807, 2.05) is 18.2 Å². The molecule has 0 aromatic heterocycles. The molecular weight excluding hydrogens is 841 g/mol. The number of esters is 2. The molecule has 2 heterocycles. The molecule has 15 nitrogen and oxygen atoms in total. The van der Waals surface area contributed by atoms with Crippen LogP contribution in [0.5, 0.6) is 0 Å². The van der Waals surface area contributed by atoms with E-state index < -0.39 is 99.3 Å². The maximum atomic E-state index is 12.9. The van der Waals surface area contributed by atoms with Gasteiger partial charge >= 0.3 is 11.9 Å². The molecule has 11 atom stereocenters. The van der Waals surface area contributed by atoms with Crippen LogP contribution in [0.4, 0.5) is 0 Å². The number of allylic oxidation sites excluding steroid dienone is 8. The van der Waals surface area contributed by atoms with Gasteiger partial charge in [-0.3, -0.25) is 9.59 Å². The molecule has 2 saturated heterocycles. The van der Waals surface area contributed by atoms with Gasteiger partial charge < -0.3 is 64.2 Å². The Labute approximate surface area is 388 Å². The summed E-state index contributed by atoms with van der Waals surface area (Å²) in [4.78, 5) is 25.7. The number of carbonyl (C=O) groups is 2. The van der Waals surface area contributed by atoms with E-state index in [9.17, 15) is 45.3 Å². The molecule has 2 fully saturated rings. The second kappa shape index (κ2) is 37.4. The zero-order valence-electron chi connectivity index (χ0n) is 39.5.